The highest BCUT2D eigenvalue weighted by Crippen LogP contribution is 2.15. The van der Waals surface area contributed by atoms with Crippen LogP contribution in [-0.4, -0.2) is 46.9 Å². The first-order valence-corrected chi connectivity index (χ1v) is 7.53. The number of carbonyl (C=O) groups is 1. The Balaban J connectivity index is 1.98. The molecule has 0 aliphatic carbocycles. The van der Waals surface area contributed by atoms with Gasteiger partial charge in [0.25, 0.3) is 5.91 Å². The van der Waals surface area contributed by atoms with Gasteiger partial charge in [0.05, 0.1) is 17.4 Å². The van der Waals surface area contributed by atoms with E-state index in [0.29, 0.717) is 12.1 Å². The third kappa shape index (κ3) is 3.60. The summed E-state index contributed by atoms with van der Waals surface area (Å²) in [4.78, 5) is 14.2. The van der Waals surface area contributed by atoms with Crippen molar-refractivity contribution in [2.75, 3.05) is 20.2 Å². The van der Waals surface area contributed by atoms with Crippen molar-refractivity contribution in [2.24, 2.45) is 0 Å². The van der Waals surface area contributed by atoms with Gasteiger partial charge in [-0.25, -0.2) is 0 Å². The van der Waals surface area contributed by atoms with Gasteiger partial charge in [-0.05, 0) is 32.6 Å². The normalized spacial score (nSPS) is 19.1. The molecule has 2 rings (SSSR count). The zero-order valence-electron chi connectivity index (χ0n) is 12.8. The molecular formula is C15H25N3O2. The van der Waals surface area contributed by atoms with Crippen molar-refractivity contribution in [2.45, 2.75) is 52.2 Å². The molecule has 1 saturated heterocycles. The van der Waals surface area contributed by atoms with Crippen molar-refractivity contribution in [3.8, 4) is 0 Å². The lowest BCUT2D eigenvalue weighted by Gasteiger charge is -2.27. The van der Waals surface area contributed by atoms with Crippen LogP contribution in [0.3, 0.4) is 0 Å². The van der Waals surface area contributed by atoms with E-state index in [1.807, 2.05) is 24.9 Å². The van der Waals surface area contributed by atoms with Gasteiger partial charge in [-0.15, -0.1) is 0 Å². The van der Waals surface area contributed by atoms with Crippen molar-refractivity contribution in [1.82, 2.24) is 14.7 Å². The lowest BCUT2D eigenvalue weighted by atomic mass is 10.1. The lowest BCUT2D eigenvalue weighted by Crippen LogP contribution is -2.37. The fourth-order valence-electron chi connectivity index (χ4n) is 2.62. The minimum absolute atomic E-state index is 0.0408. The molecule has 112 valence electrons. The van der Waals surface area contributed by atoms with Crippen LogP contribution >= 0.6 is 0 Å². The van der Waals surface area contributed by atoms with E-state index in [2.05, 4.69) is 12.0 Å². The van der Waals surface area contributed by atoms with Crippen LogP contribution in [-0.2, 0) is 11.3 Å². The molecule has 0 unspecified atom stereocenters. The summed E-state index contributed by atoms with van der Waals surface area (Å²) < 4.78 is 7.55. The van der Waals surface area contributed by atoms with E-state index >= 15 is 0 Å². The van der Waals surface area contributed by atoms with Gasteiger partial charge < -0.3 is 9.64 Å². The van der Waals surface area contributed by atoms with Crippen LogP contribution < -0.4 is 0 Å². The number of carbonyl (C=O) groups excluding carboxylic acids is 1. The fourth-order valence-corrected chi connectivity index (χ4v) is 2.62. The van der Waals surface area contributed by atoms with Gasteiger partial charge in [0.1, 0.15) is 0 Å². The summed E-state index contributed by atoms with van der Waals surface area (Å²) in [6.07, 6.45) is 6.44. The zero-order valence-corrected chi connectivity index (χ0v) is 12.8. The molecule has 5 heteroatoms. The predicted molar refractivity (Wildman–Crippen MR) is 77.8 cm³/mol. The molecular weight excluding hydrogens is 254 g/mol. The number of aryl methyl sites for hydroxylation is 2. The van der Waals surface area contributed by atoms with Crippen molar-refractivity contribution < 1.29 is 9.53 Å². The highest BCUT2D eigenvalue weighted by atomic mass is 16.5. The number of hydrogen-bond donors (Lipinski definition) is 0. The van der Waals surface area contributed by atoms with Crippen LogP contribution in [0.5, 0.6) is 0 Å². The third-order valence-electron chi connectivity index (χ3n) is 3.73. The molecule has 2 heterocycles. The van der Waals surface area contributed by atoms with E-state index in [1.165, 1.54) is 6.42 Å². The Morgan fingerprint density at radius 2 is 2.35 bits per heavy atom. The maximum Gasteiger partial charge on any atom is 0.257 e. The Labute approximate surface area is 120 Å². The maximum absolute atomic E-state index is 12.5. The molecule has 0 radical (unpaired) electrons. The van der Waals surface area contributed by atoms with Crippen LogP contribution in [0.25, 0.3) is 0 Å². The van der Waals surface area contributed by atoms with E-state index in [9.17, 15) is 4.79 Å². The van der Waals surface area contributed by atoms with E-state index in [1.54, 1.807) is 4.90 Å². The molecule has 0 bridgehead atoms. The molecule has 1 fully saturated rings. The van der Waals surface area contributed by atoms with Crippen molar-refractivity contribution in [3.63, 3.8) is 0 Å². The van der Waals surface area contributed by atoms with Gasteiger partial charge in [0.2, 0.25) is 0 Å². The molecule has 0 spiro atoms. The van der Waals surface area contributed by atoms with E-state index < -0.39 is 0 Å². The molecule has 1 aromatic rings. The summed E-state index contributed by atoms with van der Waals surface area (Å²) >= 11 is 0. The molecule has 0 saturated carbocycles. The quantitative estimate of drug-likeness (QED) is 0.830. The molecule has 1 atom stereocenters. The summed E-state index contributed by atoms with van der Waals surface area (Å²) in [5, 5.41) is 4.39. The molecule has 0 aromatic carbocycles. The largest absolute Gasteiger partial charge is 0.376 e. The second kappa shape index (κ2) is 6.88. The van der Waals surface area contributed by atoms with Gasteiger partial charge in [0.15, 0.2) is 0 Å². The van der Waals surface area contributed by atoms with Crippen molar-refractivity contribution in [3.05, 3.63) is 17.5 Å². The average Bonchev–Trinajstić information content (AvgIpc) is 2.80. The Kier molecular flexibility index (Phi) is 5.17. The number of likely N-dealkylation sites (N-methyl/N-ethyl adjacent to an activating group) is 1. The smallest absolute Gasteiger partial charge is 0.257 e. The number of nitrogens with zero attached hydrogens (tertiary/aromatic N) is 3. The Hall–Kier alpha value is -1.36. The molecule has 1 amide bonds. The SMILES string of the molecule is CCCn1cc(C(=O)N(C)C[C@H]2CCCCO2)c(C)n1. The van der Waals surface area contributed by atoms with Crippen LogP contribution in [0.1, 0.15) is 48.7 Å². The first kappa shape index (κ1) is 15.0. The number of aromatic nitrogens is 2. The molecule has 5 nitrogen and oxygen atoms in total. The summed E-state index contributed by atoms with van der Waals surface area (Å²) in [6.45, 7) is 6.33. The van der Waals surface area contributed by atoms with Gasteiger partial charge in [-0.1, -0.05) is 6.92 Å². The minimum atomic E-state index is 0.0408. The Morgan fingerprint density at radius 3 is 3.00 bits per heavy atom. The van der Waals surface area contributed by atoms with Gasteiger partial charge in [0, 0.05) is 32.9 Å². The number of hydrogen-bond acceptors (Lipinski definition) is 3. The summed E-state index contributed by atoms with van der Waals surface area (Å²) in [7, 11) is 1.84. The number of rotatable bonds is 5. The standard InChI is InChI=1S/C15H25N3O2/c1-4-8-18-11-14(12(2)16-18)15(19)17(3)10-13-7-5-6-9-20-13/h11,13H,4-10H2,1-3H3/t13-/m1/s1. The molecule has 1 aliphatic heterocycles. The second-order valence-corrected chi connectivity index (χ2v) is 5.57. The van der Waals surface area contributed by atoms with Crippen LogP contribution in [0, 0.1) is 6.92 Å². The zero-order chi connectivity index (χ0) is 14.5. The van der Waals surface area contributed by atoms with Crippen LogP contribution in [0.2, 0.25) is 0 Å². The van der Waals surface area contributed by atoms with Crippen LogP contribution in [0.15, 0.2) is 6.20 Å². The summed E-state index contributed by atoms with van der Waals surface area (Å²) in [5.41, 5.74) is 1.51. The van der Waals surface area contributed by atoms with Crippen molar-refractivity contribution in [1.29, 1.82) is 0 Å². The predicted octanol–water partition coefficient (Wildman–Crippen LogP) is 2.24. The van der Waals surface area contributed by atoms with E-state index in [-0.39, 0.29) is 12.0 Å². The van der Waals surface area contributed by atoms with Gasteiger partial charge in [-0.2, -0.15) is 5.10 Å². The molecule has 1 aromatic heterocycles. The Bertz CT molecular complexity index is 450. The Morgan fingerprint density at radius 1 is 1.55 bits per heavy atom. The number of amides is 1. The highest BCUT2D eigenvalue weighted by molar-refractivity contribution is 5.94. The second-order valence-electron chi connectivity index (χ2n) is 5.57. The van der Waals surface area contributed by atoms with E-state index in [4.69, 9.17) is 4.74 Å². The minimum Gasteiger partial charge on any atom is -0.376 e. The summed E-state index contributed by atoms with van der Waals surface area (Å²) in [6, 6.07) is 0. The van der Waals surface area contributed by atoms with Crippen molar-refractivity contribution >= 4 is 5.91 Å². The molecule has 0 N–H and O–H groups in total. The topological polar surface area (TPSA) is 47.4 Å². The van der Waals surface area contributed by atoms with E-state index in [0.717, 1.165) is 38.1 Å². The van der Waals surface area contributed by atoms with Crippen LogP contribution in [0.4, 0.5) is 0 Å². The fraction of sp³-hybridized carbons (Fsp3) is 0.733. The maximum atomic E-state index is 12.5. The monoisotopic (exact) mass is 279 g/mol. The first-order valence-electron chi connectivity index (χ1n) is 7.53. The van der Waals surface area contributed by atoms with Gasteiger partial charge >= 0.3 is 0 Å². The number of ether oxygens (including phenoxy) is 1. The molecule has 20 heavy (non-hydrogen) atoms. The lowest BCUT2D eigenvalue weighted by molar-refractivity contribution is -0.000204. The van der Waals surface area contributed by atoms with Gasteiger partial charge in [-0.3, -0.25) is 9.48 Å². The highest BCUT2D eigenvalue weighted by Gasteiger charge is 2.22. The summed E-state index contributed by atoms with van der Waals surface area (Å²) in [5.74, 6) is 0.0408. The third-order valence-corrected chi connectivity index (χ3v) is 3.73. The molecule has 1 aliphatic rings. The first-order chi connectivity index (χ1) is 9.61. The average molecular weight is 279 g/mol.